The second-order valence-electron chi connectivity index (χ2n) is 4.83. The topological polar surface area (TPSA) is 41.8 Å². The van der Waals surface area contributed by atoms with Crippen molar-refractivity contribution in [2.45, 2.75) is 6.42 Å². The number of halogens is 3. The van der Waals surface area contributed by atoms with Gasteiger partial charge in [0.25, 0.3) is 0 Å². The summed E-state index contributed by atoms with van der Waals surface area (Å²) in [5.41, 5.74) is 7.91. The maximum Gasteiger partial charge on any atom is 0.150 e. The fourth-order valence-electron chi connectivity index (χ4n) is 2.54. The molecule has 0 atom stereocenters. The number of hydrogen-bond donors (Lipinski definition) is 2. The van der Waals surface area contributed by atoms with Crippen molar-refractivity contribution in [3.8, 4) is 11.3 Å². The Hall–Kier alpha value is -2.27. The van der Waals surface area contributed by atoms with Gasteiger partial charge in [-0.25, -0.2) is 13.2 Å². The van der Waals surface area contributed by atoms with Crippen molar-refractivity contribution in [2.75, 3.05) is 6.54 Å². The number of rotatable bonds is 3. The molecule has 0 saturated heterocycles. The summed E-state index contributed by atoms with van der Waals surface area (Å²) >= 11 is 0. The molecule has 0 radical (unpaired) electrons. The molecule has 108 valence electrons. The Bertz CT molecular complexity index is 791. The summed E-state index contributed by atoms with van der Waals surface area (Å²) in [5.74, 6) is -1.65. The van der Waals surface area contributed by atoms with Crippen molar-refractivity contribution < 1.29 is 13.2 Å². The van der Waals surface area contributed by atoms with Gasteiger partial charge in [0.15, 0.2) is 0 Å². The lowest BCUT2D eigenvalue weighted by atomic mass is 10.0. The number of fused-ring (bicyclic) bond motifs is 1. The molecule has 5 heteroatoms. The van der Waals surface area contributed by atoms with E-state index in [1.807, 2.05) is 0 Å². The standard InChI is InChI=1S/C16H13F3N2/c17-10-3-1-9(2-4-10)15-12(5-6-20)13-7-11(18)8-14(19)16(13)21-15/h1-4,7-8,21H,5-6,20H2. The van der Waals surface area contributed by atoms with Gasteiger partial charge in [-0.1, -0.05) is 0 Å². The molecule has 2 nitrogen and oxygen atoms in total. The van der Waals surface area contributed by atoms with Crippen LogP contribution < -0.4 is 5.73 Å². The van der Waals surface area contributed by atoms with Crippen molar-refractivity contribution in [3.05, 3.63) is 59.4 Å². The van der Waals surface area contributed by atoms with Crippen LogP contribution in [0.4, 0.5) is 13.2 Å². The molecule has 2 aromatic carbocycles. The van der Waals surface area contributed by atoms with Gasteiger partial charge in [-0.15, -0.1) is 0 Å². The van der Waals surface area contributed by atoms with Crippen LogP contribution in [-0.4, -0.2) is 11.5 Å². The Balaban J connectivity index is 2.28. The Morgan fingerprint density at radius 2 is 1.67 bits per heavy atom. The minimum Gasteiger partial charge on any atom is -0.352 e. The zero-order chi connectivity index (χ0) is 15.0. The van der Waals surface area contributed by atoms with Crippen molar-refractivity contribution in [3.63, 3.8) is 0 Å². The highest BCUT2D eigenvalue weighted by Gasteiger charge is 2.16. The summed E-state index contributed by atoms with van der Waals surface area (Å²) < 4.78 is 40.4. The molecule has 0 aliphatic rings. The van der Waals surface area contributed by atoms with E-state index in [2.05, 4.69) is 4.98 Å². The van der Waals surface area contributed by atoms with Crippen molar-refractivity contribution >= 4 is 10.9 Å². The number of hydrogen-bond acceptors (Lipinski definition) is 1. The van der Waals surface area contributed by atoms with Crippen molar-refractivity contribution in [2.24, 2.45) is 5.73 Å². The minimum absolute atomic E-state index is 0.235. The molecule has 0 unspecified atom stereocenters. The average Bonchev–Trinajstić information content (AvgIpc) is 2.80. The maximum atomic E-state index is 13.9. The minimum atomic E-state index is -0.656. The smallest absolute Gasteiger partial charge is 0.150 e. The molecule has 0 aliphatic carbocycles. The van der Waals surface area contributed by atoms with Crippen molar-refractivity contribution in [1.82, 2.24) is 4.98 Å². The van der Waals surface area contributed by atoms with Crippen LogP contribution in [0, 0.1) is 17.5 Å². The third-order valence-electron chi connectivity index (χ3n) is 3.46. The predicted molar refractivity (Wildman–Crippen MR) is 76.4 cm³/mol. The van der Waals surface area contributed by atoms with Gasteiger partial charge in [-0.05, 0) is 54.4 Å². The van der Waals surface area contributed by atoms with E-state index in [1.165, 1.54) is 18.2 Å². The first-order valence-electron chi connectivity index (χ1n) is 6.55. The maximum absolute atomic E-state index is 13.9. The molecule has 0 aliphatic heterocycles. The number of benzene rings is 2. The second-order valence-corrected chi connectivity index (χ2v) is 4.83. The lowest BCUT2D eigenvalue weighted by molar-refractivity contribution is 0.591. The number of nitrogens with one attached hydrogen (secondary N) is 1. The van der Waals surface area contributed by atoms with E-state index in [0.717, 1.165) is 11.6 Å². The highest BCUT2D eigenvalue weighted by Crippen LogP contribution is 2.32. The number of nitrogens with two attached hydrogens (primary N) is 1. The fourth-order valence-corrected chi connectivity index (χ4v) is 2.54. The van der Waals surface area contributed by atoms with Gasteiger partial charge in [-0.3, -0.25) is 0 Å². The Labute approximate surface area is 119 Å². The van der Waals surface area contributed by atoms with Crippen LogP contribution in [0.25, 0.3) is 22.2 Å². The van der Waals surface area contributed by atoms with Crippen LogP contribution in [0.1, 0.15) is 5.56 Å². The summed E-state index contributed by atoms with van der Waals surface area (Å²) in [6.07, 6.45) is 0.468. The van der Waals surface area contributed by atoms with E-state index in [-0.39, 0.29) is 11.3 Å². The first kappa shape index (κ1) is 13.7. The molecule has 0 fully saturated rings. The zero-order valence-electron chi connectivity index (χ0n) is 11.1. The van der Waals surface area contributed by atoms with Crippen molar-refractivity contribution in [1.29, 1.82) is 0 Å². The Kier molecular flexibility index (Phi) is 3.43. The molecule has 1 aromatic heterocycles. The molecule has 0 saturated carbocycles. The molecular formula is C16H13F3N2. The largest absolute Gasteiger partial charge is 0.352 e. The van der Waals surface area contributed by atoms with E-state index in [1.54, 1.807) is 12.1 Å². The lowest BCUT2D eigenvalue weighted by Crippen LogP contribution is -2.03. The highest BCUT2D eigenvalue weighted by molar-refractivity contribution is 5.91. The number of aromatic amines is 1. The predicted octanol–water partition coefficient (Wildman–Crippen LogP) is 3.75. The molecular weight excluding hydrogens is 277 g/mol. The summed E-state index contributed by atoms with van der Waals surface area (Å²) in [4.78, 5) is 2.96. The molecule has 3 N–H and O–H groups in total. The summed E-state index contributed by atoms with van der Waals surface area (Å²) in [6.45, 7) is 0.347. The van der Waals surface area contributed by atoms with Gasteiger partial charge in [0.1, 0.15) is 17.5 Å². The van der Waals surface area contributed by atoms with Gasteiger partial charge in [0.2, 0.25) is 0 Å². The van der Waals surface area contributed by atoms with E-state index in [0.29, 0.717) is 29.6 Å². The third-order valence-corrected chi connectivity index (χ3v) is 3.46. The first-order valence-corrected chi connectivity index (χ1v) is 6.55. The normalized spacial score (nSPS) is 11.2. The van der Waals surface area contributed by atoms with Gasteiger partial charge in [-0.2, -0.15) is 0 Å². The first-order chi connectivity index (χ1) is 10.1. The zero-order valence-corrected chi connectivity index (χ0v) is 11.1. The van der Waals surface area contributed by atoms with E-state index >= 15 is 0 Å². The Morgan fingerprint density at radius 3 is 2.33 bits per heavy atom. The van der Waals surface area contributed by atoms with Gasteiger partial charge in [0.05, 0.1) is 5.52 Å². The van der Waals surface area contributed by atoms with Crippen LogP contribution in [-0.2, 0) is 6.42 Å². The second kappa shape index (κ2) is 5.26. The highest BCUT2D eigenvalue weighted by atomic mass is 19.1. The number of aromatic nitrogens is 1. The molecule has 0 amide bonds. The monoisotopic (exact) mass is 290 g/mol. The van der Waals surface area contributed by atoms with E-state index < -0.39 is 11.6 Å². The van der Waals surface area contributed by atoms with Gasteiger partial charge in [0, 0.05) is 17.1 Å². The van der Waals surface area contributed by atoms with E-state index in [4.69, 9.17) is 5.73 Å². The SMILES string of the molecule is NCCc1c(-c2ccc(F)cc2)[nH]c2c(F)cc(F)cc12. The van der Waals surface area contributed by atoms with Gasteiger partial charge >= 0.3 is 0 Å². The quantitative estimate of drug-likeness (QED) is 0.758. The molecule has 0 spiro atoms. The Morgan fingerprint density at radius 1 is 0.952 bits per heavy atom. The van der Waals surface area contributed by atoms with Crippen LogP contribution in [0.15, 0.2) is 36.4 Å². The number of H-pyrrole nitrogens is 1. The lowest BCUT2D eigenvalue weighted by Gasteiger charge is -2.04. The molecule has 21 heavy (non-hydrogen) atoms. The molecule has 0 bridgehead atoms. The van der Waals surface area contributed by atoms with Crippen LogP contribution in [0.2, 0.25) is 0 Å². The summed E-state index contributed by atoms with van der Waals surface area (Å²) in [7, 11) is 0. The third kappa shape index (κ3) is 2.40. The molecule has 3 rings (SSSR count). The van der Waals surface area contributed by atoms with Crippen LogP contribution >= 0.6 is 0 Å². The van der Waals surface area contributed by atoms with Gasteiger partial charge < -0.3 is 10.7 Å². The van der Waals surface area contributed by atoms with Crippen LogP contribution in [0.3, 0.4) is 0 Å². The average molecular weight is 290 g/mol. The van der Waals surface area contributed by atoms with E-state index in [9.17, 15) is 13.2 Å². The molecule has 3 aromatic rings. The van der Waals surface area contributed by atoms with Crippen LogP contribution in [0.5, 0.6) is 0 Å². The fraction of sp³-hybridized carbons (Fsp3) is 0.125. The summed E-state index contributed by atoms with van der Waals surface area (Å²) in [6, 6.07) is 7.95. The molecule has 1 heterocycles. The summed E-state index contributed by atoms with van der Waals surface area (Å²) in [5, 5.41) is 0.470.